The van der Waals surface area contributed by atoms with Crippen LogP contribution in [0.3, 0.4) is 0 Å². The molecular weight excluding hydrogens is 280 g/mol. The average molecular weight is 304 g/mol. The highest BCUT2D eigenvalue weighted by atomic mass is 16.7. The molecule has 3 rings (SSSR count). The van der Waals surface area contributed by atoms with Crippen molar-refractivity contribution in [1.82, 2.24) is 10.2 Å². The van der Waals surface area contributed by atoms with Crippen LogP contribution in [0, 0.1) is 5.41 Å². The standard InChI is InChI=1S/C17H24N2O3/c1-16(2)21-12-17(13-22-16)10-19(11-17)15(20)18-9-8-14-6-4-3-5-7-14/h3-7H,8-13H2,1-2H3,(H,18,20). The third-order valence-corrected chi connectivity index (χ3v) is 4.32. The number of ether oxygens (including phenoxy) is 2. The van der Waals surface area contributed by atoms with Gasteiger partial charge in [-0.1, -0.05) is 30.3 Å². The Hall–Kier alpha value is -1.59. The van der Waals surface area contributed by atoms with Crippen molar-refractivity contribution in [1.29, 1.82) is 0 Å². The smallest absolute Gasteiger partial charge is 0.317 e. The molecule has 2 saturated heterocycles. The Morgan fingerprint density at radius 3 is 2.45 bits per heavy atom. The van der Waals surface area contributed by atoms with Gasteiger partial charge in [-0.2, -0.15) is 0 Å². The number of hydrogen-bond acceptors (Lipinski definition) is 3. The summed E-state index contributed by atoms with van der Waals surface area (Å²) in [5.41, 5.74) is 1.23. The molecule has 0 atom stereocenters. The molecule has 2 aliphatic rings. The van der Waals surface area contributed by atoms with Crippen molar-refractivity contribution >= 4 is 6.03 Å². The lowest BCUT2D eigenvalue weighted by Crippen LogP contribution is -2.67. The van der Waals surface area contributed by atoms with Crippen molar-refractivity contribution in [2.45, 2.75) is 26.1 Å². The van der Waals surface area contributed by atoms with Gasteiger partial charge in [-0.25, -0.2) is 4.79 Å². The van der Waals surface area contributed by atoms with Crippen LogP contribution in [0.5, 0.6) is 0 Å². The first-order chi connectivity index (χ1) is 10.5. The van der Waals surface area contributed by atoms with Crippen LogP contribution in [0.2, 0.25) is 0 Å². The molecule has 1 aromatic carbocycles. The molecule has 0 radical (unpaired) electrons. The summed E-state index contributed by atoms with van der Waals surface area (Å²) < 4.78 is 11.4. The summed E-state index contributed by atoms with van der Waals surface area (Å²) >= 11 is 0. The van der Waals surface area contributed by atoms with E-state index in [4.69, 9.17) is 9.47 Å². The largest absolute Gasteiger partial charge is 0.350 e. The number of nitrogens with one attached hydrogen (secondary N) is 1. The number of amides is 2. The minimum absolute atomic E-state index is 0.00592. The lowest BCUT2D eigenvalue weighted by atomic mass is 9.81. The number of carbonyl (C=O) groups excluding carboxylic acids is 1. The third kappa shape index (κ3) is 3.42. The van der Waals surface area contributed by atoms with Crippen LogP contribution in [0.25, 0.3) is 0 Å². The molecule has 2 aliphatic heterocycles. The van der Waals surface area contributed by atoms with Gasteiger partial charge >= 0.3 is 6.03 Å². The molecule has 1 spiro atoms. The van der Waals surface area contributed by atoms with E-state index in [0.29, 0.717) is 32.8 Å². The molecule has 0 unspecified atom stereocenters. The maximum Gasteiger partial charge on any atom is 0.317 e. The van der Waals surface area contributed by atoms with Gasteiger partial charge in [0.05, 0.1) is 18.6 Å². The zero-order valence-electron chi connectivity index (χ0n) is 13.3. The maximum absolute atomic E-state index is 12.1. The fourth-order valence-electron chi connectivity index (χ4n) is 2.90. The van der Waals surface area contributed by atoms with Crippen LogP contribution in [-0.4, -0.2) is 49.6 Å². The van der Waals surface area contributed by atoms with Crippen molar-refractivity contribution < 1.29 is 14.3 Å². The average Bonchev–Trinajstić information content (AvgIpc) is 2.46. The third-order valence-electron chi connectivity index (χ3n) is 4.32. The number of hydrogen-bond donors (Lipinski definition) is 1. The second kappa shape index (κ2) is 5.89. The van der Waals surface area contributed by atoms with Crippen LogP contribution < -0.4 is 5.32 Å². The Morgan fingerprint density at radius 2 is 1.82 bits per heavy atom. The van der Waals surface area contributed by atoms with Gasteiger partial charge in [0.15, 0.2) is 5.79 Å². The van der Waals surface area contributed by atoms with Gasteiger partial charge in [-0.15, -0.1) is 0 Å². The van der Waals surface area contributed by atoms with E-state index >= 15 is 0 Å². The molecule has 2 fully saturated rings. The van der Waals surface area contributed by atoms with Crippen molar-refractivity contribution in [3.8, 4) is 0 Å². The summed E-state index contributed by atoms with van der Waals surface area (Å²) in [5.74, 6) is -0.496. The summed E-state index contributed by atoms with van der Waals surface area (Å²) in [6.07, 6.45) is 0.853. The molecule has 0 aromatic heterocycles. The van der Waals surface area contributed by atoms with E-state index in [1.807, 2.05) is 36.9 Å². The molecule has 0 aliphatic carbocycles. The Bertz CT molecular complexity index is 512. The highest BCUT2D eigenvalue weighted by Gasteiger charge is 2.50. The Labute approximate surface area is 131 Å². The zero-order valence-corrected chi connectivity index (χ0v) is 13.3. The van der Waals surface area contributed by atoms with Crippen molar-refractivity contribution in [2.24, 2.45) is 5.41 Å². The topological polar surface area (TPSA) is 50.8 Å². The Balaban J connectivity index is 1.39. The Kier molecular flexibility index (Phi) is 4.10. The summed E-state index contributed by atoms with van der Waals surface area (Å²) in [4.78, 5) is 13.9. The van der Waals surface area contributed by atoms with Crippen LogP contribution in [0.1, 0.15) is 19.4 Å². The van der Waals surface area contributed by atoms with Crippen LogP contribution in [0.15, 0.2) is 30.3 Å². The van der Waals surface area contributed by atoms with Crippen molar-refractivity contribution in [3.63, 3.8) is 0 Å². The molecule has 5 heteroatoms. The van der Waals surface area contributed by atoms with Crippen molar-refractivity contribution in [3.05, 3.63) is 35.9 Å². The molecule has 1 aromatic rings. The normalized spacial score (nSPS) is 22.2. The summed E-state index contributed by atoms with van der Waals surface area (Å²) in [7, 11) is 0. The molecule has 5 nitrogen and oxygen atoms in total. The molecule has 22 heavy (non-hydrogen) atoms. The number of carbonyl (C=O) groups is 1. The van der Waals surface area contributed by atoms with Gasteiger partial charge in [-0.05, 0) is 25.8 Å². The minimum Gasteiger partial charge on any atom is -0.350 e. The molecule has 2 amide bonds. The first-order valence-electron chi connectivity index (χ1n) is 7.83. The highest BCUT2D eigenvalue weighted by Crippen LogP contribution is 2.37. The van der Waals surface area contributed by atoms with E-state index in [9.17, 15) is 4.79 Å². The first-order valence-corrected chi connectivity index (χ1v) is 7.83. The second-order valence-electron chi connectivity index (χ2n) is 6.80. The fraction of sp³-hybridized carbons (Fsp3) is 0.588. The second-order valence-corrected chi connectivity index (χ2v) is 6.80. The summed E-state index contributed by atoms with van der Waals surface area (Å²) in [5, 5.41) is 2.98. The zero-order chi connectivity index (χ0) is 15.6. The van der Waals surface area contributed by atoms with Crippen LogP contribution in [-0.2, 0) is 15.9 Å². The maximum atomic E-state index is 12.1. The van der Waals surface area contributed by atoms with Crippen LogP contribution >= 0.6 is 0 Å². The van der Waals surface area contributed by atoms with Gasteiger partial charge < -0.3 is 19.7 Å². The highest BCUT2D eigenvalue weighted by molar-refractivity contribution is 5.75. The van der Waals surface area contributed by atoms with Gasteiger partial charge in [0.2, 0.25) is 0 Å². The number of likely N-dealkylation sites (tertiary alicyclic amines) is 1. The molecule has 0 bridgehead atoms. The number of nitrogens with zero attached hydrogens (tertiary/aromatic N) is 1. The molecular formula is C17H24N2O3. The van der Waals surface area contributed by atoms with E-state index in [1.165, 1.54) is 5.56 Å². The predicted molar refractivity (Wildman–Crippen MR) is 83.5 cm³/mol. The van der Waals surface area contributed by atoms with E-state index in [-0.39, 0.29) is 11.4 Å². The molecule has 0 saturated carbocycles. The lowest BCUT2D eigenvalue weighted by Gasteiger charge is -2.53. The van der Waals surface area contributed by atoms with Gasteiger partial charge in [0.25, 0.3) is 0 Å². The quantitative estimate of drug-likeness (QED) is 0.929. The number of rotatable bonds is 3. The van der Waals surface area contributed by atoms with E-state index in [1.54, 1.807) is 0 Å². The molecule has 1 N–H and O–H groups in total. The molecule has 120 valence electrons. The number of urea groups is 1. The van der Waals surface area contributed by atoms with Gasteiger partial charge in [0, 0.05) is 19.6 Å². The summed E-state index contributed by atoms with van der Waals surface area (Å²) in [6, 6.07) is 10.2. The van der Waals surface area contributed by atoms with E-state index in [2.05, 4.69) is 17.4 Å². The first kappa shape index (κ1) is 15.3. The van der Waals surface area contributed by atoms with E-state index in [0.717, 1.165) is 6.42 Å². The fourth-order valence-corrected chi connectivity index (χ4v) is 2.90. The SMILES string of the molecule is CC1(C)OCC2(CO1)CN(C(=O)NCCc1ccccc1)C2. The molecule has 2 heterocycles. The number of benzene rings is 1. The summed E-state index contributed by atoms with van der Waals surface area (Å²) in [6.45, 7) is 7.24. The van der Waals surface area contributed by atoms with Crippen LogP contribution in [0.4, 0.5) is 4.79 Å². The Morgan fingerprint density at radius 1 is 1.18 bits per heavy atom. The van der Waals surface area contributed by atoms with Gasteiger partial charge in [-0.3, -0.25) is 0 Å². The lowest BCUT2D eigenvalue weighted by molar-refractivity contribution is -0.301. The predicted octanol–water partition coefficient (Wildman–Crippen LogP) is 2.02. The van der Waals surface area contributed by atoms with Crippen molar-refractivity contribution in [2.75, 3.05) is 32.8 Å². The monoisotopic (exact) mass is 304 g/mol. The minimum atomic E-state index is -0.496. The van der Waals surface area contributed by atoms with Gasteiger partial charge in [0.1, 0.15) is 0 Å². The van der Waals surface area contributed by atoms with E-state index < -0.39 is 5.79 Å².